The highest BCUT2D eigenvalue weighted by molar-refractivity contribution is 7.22. The summed E-state index contributed by atoms with van der Waals surface area (Å²) < 4.78 is 1.18. The first-order chi connectivity index (χ1) is 8.76. The standard InChI is InChI=1S/C14H17N3S/c1-2-7-17(11-4-5-11)9-10-3-6-12-13(8-10)18-14(15)16-12/h2-3,6,8,11H,1,4-5,7,9H2,(H2,15,16). The van der Waals surface area contributed by atoms with E-state index in [1.165, 1.54) is 23.1 Å². The van der Waals surface area contributed by atoms with E-state index >= 15 is 0 Å². The summed E-state index contributed by atoms with van der Waals surface area (Å²) in [6.07, 6.45) is 4.63. The number of benzene rings is 1. The van der Waals surface area contributed by atoms with E-state index in [9.17, 15) is 0 Å². The van der Waals surface area contributed by atoms with E-state index < -0.39 is 0 Å². The number of nitrogen functional groups attached to an aromatic ring is 1. The van der Waals surface area contributed by atoms with E-state index in [0.717, 1.165) is 24.6 Å². The predicted molar refractivity (Wildman–Crippen MR) is 77.7 cm³/mol. The van der Waals surface area contributed by atoms with Gasteiger partial charge in [0.05, 0.1) is 10.2 Å². The Balaban J connectivity index is 1.82. The Labute approximate surface area is 111 Å². The van der Waals surface area contributed by atoms with Crippen molar-refractivity contribution in [3.63, 3.8) is 0 Å². The molecule has 0 aliphatic heterocycles. The third kappa shape index (κ3) is 2.40. The molecule has 2 N–H and O–H groups in total. The van der Waals surface area contributed by atoms with Crippen LogP contribution in [0, 0.1) is 0 Å². The largest absolute Gasteiger partial charge is 0.375 e. The van der Waals surface area contributed by atoms with Gasteiger partial charge in [-0.2, -0.15) is 0 Å². The van der Waals surface area contributed by atoms with Crippen LogP contribution in [-0.2, 0) is 6.54 Å². The quantitative estimate of drug-likeness (QED) is 0.839. The fourth-order valence-electron chi connectivity index (χ4n) is 2.27. The third-order valence-electron chi connectivity index (χ3n) is 3.28. The Bertz CT molecular complexity index is 571. The molecule has 0 saturated heterocycles. The minimum atomic E-state index is 0.646. The summed E-state index contributed by atoms with van der Waals surface area (Å²) in [7, 11) is 0. The number of hydrogen-bond donors (Lipinski definition) is 1. The van der Waals surface area contributed by atoms with Crippen molar-refractivity contribution in [1.82, 2.24) is 9.88 Å². The van der Waals surface area contributed by atoms with Gasteiger partial charge in [0.15, 0.2) is 5.13 Å². The summed E-state index contributed by atoms with van der Waals surface area (Å²) in [4.78, 5) is 6.77. The van der Waals surface area contributed by atoms with Gasteiger partial charge in [-0.1, -0.05) is 23.5 Å². The molecule has 1 aliphatic carbocycles. The molecule has 1 fully saturated rings. The molecule has 2 aromatic rings. The highest BCUT2D eigenvalue weighted by Crippen LogP contribution is 2.30. The van der Waals surface area contributed by atoms with Gasteiger partial charge in [0, 0.05) is 19.1 Å². The first kappa shape index (κ1) is 11.7. The maximum absolute atomic E-state index is 5.73. The lowest BCUT2D eigenvalue weighted by Crippen LogP contribution is -2.25. The second kappa shape index (κ2) is 4.71. The molecule has 1 aromatic carbocycles. The summed E-state index contributed by atoms with van der Waals surface area (Å²) in [5.41, 5.74) is 8.07. The molecule has 4 heteroatoms. The molecule has 0 unspecified atom stereocenters. The van der Waals surface area contributed by atoms with E-state index in [1.54, 1.807) is 11.3 Å². The van der Waals surface area contributed by atoms with Crippen molar-refractivity contribution in [2.45, 2.75) is 25.4 Å². The van der Waals surface area contributed by atoms with Crippen LogP contribution in [-0.4, -0.2) is 22.5 Å². The number of aromatic nitrogens is 1. The molecule has 1 aliphatic rings. The molecular formula is C14H17N3S. The predicted octanol–water partition coefficient (Wildman–Crippen LogP) is 3.03. The number of rotatable bonds is 5. The zero-order valence-electron chi connectivity index (χ0n) is 10.3. The van der Waals surface area contributed by atoms with E-state index in [1.807, 2.05) is 6.08 Å². The molecule has 94 valence electrons. The number of nitrogens with zero attached hydrogens (tertiary/aromatic N) is 2. The maximum atomic E-state index is 5.73. The van der Waals surface area contributed by atoms with Crippen LogP contribution >= 0.6 is 11.3 Å². The highest BCUT2D eigenvalue weighted by atomic mass is 32.1. The Morgan fingerprint density at radius 3 is 3.06 bits per heavy atom. The van der Waals surface area contributed by atoms with Crippen molar-refractivity contribution in [2.24, 2.45) is 0 Å². The lowest BCUT2D eigenvalue weighted by Gasteiger charge is -2.20. The molecule has 18 heavy (non-hydrogen) atoms. The van der Waals surface area contributed by atoms with Gasteiger partial charge in [0.25, 0.3) is 0 Å². The number of thiazole rings is 1. The lowest BCUT2D eigenvalue weighted by atomic mass is 10.2. The van der Waals surface area contributed by atoms with Gasteiger partial charge in [-0.3, -0.25) is 4.90 Å². The zero-order valence-corrected chi connectivity index (χ0v) is 11.1. The van der Waals surface area contributed by atoms with Crippen LogP contribution in [0.25, 0.3) is 10.2 Å². The van der Waals surface area contributed by atoms with E-state index in [-0.39, 0.29) is 0 Å². The molecule has 0 amide bonds. The summed E-state index contributed by atoms with van der Waals surface area (Å²) in [6.45, 7) is 5.80. The average Bonchev–Trinajstić information content (AvgIpc) is 3.11. The molecule has 3 rings (SSSR count). The maximum Gasteiger partial charge on any atom is 0.181 e. The first-order valence-corrected chi connectivity index (χ1v) is 7.08. The molecule has 0 bridgehead atoms. The molecular weight excluding hydrogens is 242 g/mol. The summed E-state index contributed by atoms with van der Waals surface area (Å²) in [5, 5.41) is 0.646. The molecule has 1 aromatic heterocycles. The SMILES string of the molecule is C=CCN(Cc1ccc2nc(N)sc2c1)C1CC1. The minimum absolute atomic E-state index is 0.646. The van der Waals surface area contributed by atoms with Crippen molar-refractivity contribution in [1.29, 1.82) is 0 Å². The average molecular weight is 259 g/mol. The van der Waals surface area contributed by atoms with E-state index in [4.69, 9.17) is 5.73 Å². The van der Waals surface area contributed by atoms with Gasteiger partial charge in [-0.25, -0.2) is 4.98 Å². The summed E-state index contributed by atoms with van der Waals surface area (Å²) in [5.74, 6) is 0. The Morgan fingerprint density at radius 1 is 1.50 bits per heavy atom. The van der Waals surface area contributed by atoms with E-state index in [2.05, 4.69) is 34.7 Å². The topological polar surface area (TPSA) is 42.2 Å². The summed E-state index contributed by atoms with van der Waals surface area (Å²) >= 11 is 1.56. The van der Waals surface area contributed by atoms with Gasteiger partial charge < -0.3 is 5.73 Å². The Hall–Kier alpha value is -1.39. The number of hydrogen-bond acceptors (Lipinski definition) is 4. The van der Waals surface area contributed by atoms with Gasteiger partial charge in [-0.05, 0) is 30.5 Å². The zero-order chi connectivity index (χ0) is 12.5. The summed E-state index contributed by atoms with van der Waals surface area (Å²) in [6, 6.07) is 7.18. The molecule has 0 spiro atoms. The Kier molecular flexibility index (Phi) is 3.06. The van der Waals surface area contributed by atoms with Crippen molar-refractivity contribution in [3.8, 4) is 0 Å². The lowest BCUT2D eigenvalue weighted by molar-refractivity contribution is 0.284. The van der Waals surface area contributed by atoms with E-state index in [0.29, 0.717) is 5.13 Å². The first-order valence-electron chi connectivity index (χ1n) is 6.26. The molecule has 0 radical (unpaired) electrons. The monoisotopic (exact) mass is 259 g/mol. The molecule has 1 heterocycles. The smallest absolute Gasteiger partial charge is 0.181 e. The normalized spacial score (nSPS) is 15.4. The second-order valence-electron chi connectivity index (χ2n) is 4.80. The van der Waals surface area contributed by atoms with Crippen LogP contribution in [0.4, 0.5) is 5.13 Å². The fourth-order valence-corrected chi connectivity index (χ4v) is 3.07. The van der Waals surface area contributed by atoms with Crippen LogP contribution < -0.4 is 5.73 Å². The van der Waals surface area contributed by atoms with Crippen molar-refractivity contribution in [3.05, 3.63) is 36.4 Å². The van der Waals surface area contributed by atoms with Crippen LogP contribution in [0.2, 0.25) is 0 Å². The van der Waals surface area contributed by atoms with Gasteiger partial charge in [0.1, 0.15) is 0 Å². The van der Waals surface area contributed by atoms with Gasteiger partial charge in [0.2, 0.25) is 0 Å². The second-order valence-corrected chi connectivity index (χ2v) is 5.87. The number of fused-ring (bicyclic) bond motifs is 1. The van der Waals surface area contributed by atoms with Crippen LogP contribution in [0.5, 0.6) is 0 Å². The number of nitrogens with two attached hydrogens (primary N) is 1. The van der Waals surface area contributed by atoms with Gasteiger partial charge in [-0.15, -0.1) is 6.58 Å². The fraction of sp³-hybridized carbons (Fsp3) is 0.357. The van der Waals surface area contributed by atoms with Crippen LogP contribution in [0.1, 0.15) is 18.4 Å². The molecule has 3 nitrogen and oxygen atoms in total. The van der Waals surface area contributed by atoms with Gasteiger partial charge >= 0.3 is 0 Å². The van der Waals surface area contributed by atoms with Crippen molar-refractivity contribution >= 4 is 26.7 Å². The minimum Gasteiger partial charge on any atom is -0.375 e. The third-order valence-corrected chi connectivity index (χ3v) is 4.13. The van der Waals surface area contributed by atoms with Crippen molar-refractivity contribution in [2.75, 3.05) is 12.3 Å². The highest BCUT2D eigenvalue weighted by Gasteiger charge is 2.27. The number of anilines is 1. The molecule has 1 saturated carbocycles. The van der Waals surface area contributed by atoms with Crippen LogP contribution in [0.3, 0.4) is 0 Å². The molecule has 0 atom stereocenters. The Morgan fingerprint density at radius 2 is 2.33 bits per heavy atom. The van der Waals surface area contributed by atoms with Crippen LogP contribution in [0.15, 0.2) is 30.9 Å². The van der Waals surface area contributed by atoms with Crippen molar-refractivity contribution < 1.29 is 0 Å².